The fourth-order valence-electron chi connectivity index (χ4n) is 1.31. The van der Waals surface area contributed by atoms with Gasteiger partial charge in [-0.1, -0.05) is 5.46 Å². The molecule has 0 aliphatic rings. The number of carbonyl (C=O) groups excluding carboxylic acids is 1. The van der Waals surface area contributed by atoms with Gasteiger partial charge in [-0.2, -0.15) is 0 Å². The standard InChI is InChI=1S/C11H14B2N2O4/c1-11(2,3)19-10(18)15-9-7(17)5(4-16)6(12)8(13)14-9/h16-17H,4H2,1-3H3,(H,14,15,18). The number of aromatic hydroxyl groups is 1. The molecule has 0 bridgehead atoms. The maximum absolute atomic E-state index is 11.6. The van der Waals surface area contributed by atoms with E-state index in [0.29, 0.717) is 0 Å². The molecule has 0 saturated carbocycles. The summed E-state index contributed by atoms with van der Waals surface area (Å²) in [7, 11) is 11.1. The van der Waals surface area contributed by atoms with Gasteiger partial charge in [0.25, 0.3) is 0 Å². The highest BCUT2D eigenvalue weighted by atomic mass is 16.6. The lowest BCUT2D eigenvalue weighted by Gasteiger charge is -2.20. The summed E-state index contributed by atoms with van der Waals surface area (Å²) < 4.78 is 5.00. The van der Waals surface area contributed by atoms with E-state index in [-0.39, 0.29) is 22.4 Å². The van der Waals surface area contributed by atoms with Crippen molar-refractivity contribution in [2.45, 2.75) is 33.0 Å². The summed E-state index contributed by atoms with van der Waals surface area (Å²) in [5.41, 5.74) is -0.833. The van der Waals surface area contributed by atoms with Crippen LogP contribution >= 0.6 is 0 Å². The minimum absolute atomic E-state index is 0.00133. The molecule has 98 valence electrons. The summed E-state index contributed by atoms with van der Waals surface area (Å²) in [6.07, 6.45) is -0.802. The highest BCUT2D eigenvalue weighted by molar-refractivity contribution is 6.48. The first-order chi connectivity index (χ1) is 8.65. The average Bonchev–Trinajstić information content (AvgIpc) is 2.24. The second kappa shape index (κ2) is 5.52. The van der Waals surface area contributed by atoms with Gasteiger partial charge in [-0.3, -0.25) is 5.32 Å². The number of amides is 1. The van der Waals surface area contributed by atoms with Crippen molar-refractivity contribution in [2.24, 2.45) is 0 Å². The van der Waals surface area contributed by atoms with Crippen LogP contribution in [-0.4, -0.2) is 42.6 Å². The van der Waals surface area contributed by atoms with Crippen molar-refractivity contribution < 1.29 is 19.7 Å². The van der Waals surface area contributed by atoms with Crippen molar-refractivity contribution in [1.29, 1.82) is 0 Å². The number of aliphatic hydroxyl groups excluding tert-OH is 1. The summed E-state index contributed by atoms with van der Waals surface area (Å²) in [5, 5.41) is 21.2. The van der Waals surface area contributed by atoms with Crippen molar-refractivity contribution in [3.8, 4) is 5.75 Å². The zero-order valence-electron chi connectivity index (χ0n) is 11.0. The quantitative estimate of drug-likeness (QED) is 0.606. The molecule has 0 atom stereocenters. The maximum atomic E-state index is 11.6. The van der Waals surface area contributed by atoms with Gasteiger partial charge in [0, 0.05) is 5.56 Å². The number of nitrogens with one attached hydrogen (secondary N) is 1. The second-order valence-corrected chi connectivity index (χ2v) is 4.87. The van der Waals surface area contributed by atoms with Crippen molar-refractivity contribution in [3.05, 3.63) is 5.56 Å². The Labute approximate surface area is 114 Å². The third kappa shape index (κ3) is 3.89. The van der Waals surface area contributed by atoms with Gasteiger partial charge in [-0.15, -0.1) is 0 Å². The van der Waals surface area contributed by atoms with E-state index in [4.69, 9.17) is 25.5 Å². The van der Waals surface area contributed by atoms with Crippen molar-refractivity contribution in [3.63, 3.8) is 0 Å². The summed E-state index contributed by atoms with van der Waals surface area (Å²) in [4.78, 5) is 15.3. The Kier molecular flexibility index (Phi) is 4.47. The van der Waals surface area contributed by atoms with E-state index in [9.17, 15) is 9.90 Å². The molecule has 0 aliphatic heterocycles. The fraction of sp³-hybridized carbons (Fsp3) is 0.455. The molecular formula is C11H14B2N2O4. The van der Waals surface area contributed by atoms with Crippen LogP contribution in [0, 0.1) is 0 Å². The molecule has 3 N–H and O–H groups in total. The van der Waals surface area contributed by atoms with Gasteiger partial charge >= 0.3 is 6.09 Å². The molecule has 0 spiro atoms. The lowest BCUT2D eigenvalue weighted by Crippen LogP contribution is -2.34. The summed E-state index contributed by atoms with van der Waals surface area (Å²) >= 11 is 0. The first-order valence-corrected chi connectivity index (χ1v) is 5.53. The average molecular weight is 260 g/mol. The second-order valence-electron chi connectivity index (χ2n) is 4.87. The van der Waals surface area contributed by atoms with Gasteiger partial charge < -0.3 is 14.9 Å². The van der Waals surface area contributed by atoms with Crippen LogP contribution in [0.15, 0.2) is 0 Å². The first-order valence-electron chi connectivity index (χ1n) is 5.53. The molecule has 1 aromatic heterocycles. The molecule has 0 saturated heterocycles. The number of hydrogen-bond donors (Lipinski definition) is 3. The predicted octanol–water partition coefficient (Wildman–Crippen LogP) is -0.786. The van der Waals surface area contributed by atoms with Gasteiger partial charge in [-0.05, 0) is 26.4 Å². The number of rotatable bonds is 2. The zero-order chi connectivity index (χ0) is 14.8. The Morgan fingerprint density at radius 1 is 1.42 bits per heavy atom. The smallest absolute Gasteiger partial charge is 0.413 e. The molecule has 6 nitrogen and oxygen atoms in total. The molecule has 0 fully saturated rings. The molecule has 19 heavy (non-hydrogen) atoms. The van der Waals surface area contributed by atoms with Crippen LogP contribution in [0.4, 0.5) is 10.6 Å². The molecule has 1 rings (SSSR count). The molecule has 8 heteroatoms. The summed E-state index contributed by atoms with van der Waals surface area (Å²) in [5.74, 6) is -0.662. The number of nitrogens with zero attached hydrogens (tertiary/aromatic N) is 1. The van der Waals surface area contributed by atoms with E-state index < -0.39 is 24.1 Å². The first kappa shape index (κ1) is 15.4. The minimum atomic E-state index is -0.802. The van der Waals surface area contributed by atoms with E-state index in [1.165, 1.54) is 0 Å². The Morgan fingerprint density at radius 2 is 2.00 bits per heavy atom. The molecule has 1 amide bonds. The zero-order valence-corrected chi connectivity index (χ0v) is 11.0. The van der Waals surface area contributed by atoms with Gasteiger partial charge in [-0.25, -0.2) is 9.78 Å². The Balaban J connectivity index is 3.03. The van der Waals surface area contributed by atoms with Crippen LogP contribution < -0.4 is 16.4 Å². The molecule has 4 radical (unpaired) electrons. The van der Waals surface area contributed by atoms with Gasteiger partial charge in [0.1, 0.15) is 21.3 Å². The number of anilines is 1. The van der Waals surface area contributed by atoms with E-state index >= 15 is 0 Å². The lowest BCUT2D eigenvalue weighted by atomic mass is 9.81. The van der Waals surface area contributed by atoms with Crippen LogP contribution in [0.3, 0.4) is 0 Å². The molecule has 1 aromatic rings. The summed E-state index contributed by atoms with van der Waals surface area (Å²) in [6.45, 7) is 4.54. The van der Waals surface area contributed by atoms with Crippen LogP contribution in [0.2, 0.25) is 0 Å². The van der Waals surface area contributed by atoms with Crippen LogP contribution in [0.25, 0.3) is 0 Å². The van der Waals surface area contributed by atoms with E-state index in [1.54, 1.807) is 20.8 Å². The van der Waals surface area contributed by atoms with Crippen molar-refractivity contribution in [2.75, 3.05) is 5.32 Å². The van der Waals surface area contributed by atoms with Crippen LogP contribution in [-0.2, 0) is 11.3 Å². The Hall–Kier alpha value is -1.69. The lowest BCUT2D eigenvalue weighted by molar-refractivity contribution is 0.0634. The van der Waals surface area contributed by atoms with Crippen LogP contribution in [0.5, 0.6) is 5.75 Å². The third-order valence-corrected chi connectivity index (χ3v) is 2.12. The van der Waals surface area contributed by atoms with Gasteiger partial charge in [0.2, 0.25) is 0 Å². The Morgan fingerprint density at radius 3 is 2.47 bits per heavy atom. The largest absolute Gasteiger partial charge is 0.504 e. The van der Waals surface area contributed by atoms with Crippen molar-refractivity contribution >= 4 is 38.7 Å². The van der Waals surface area contributed by atoms with E-state index in [2.05, 4.69) is 10.3 Å². The molecule has 0 aliphatic carbocycles. The van der Waals surface area contributed by atoms with Gasteiger partial charge in [0.15, 0.2) is 11.6 Å². The Bertz CT molecular complexity index is 500. The number of carbonyl (C=O) groups is 1. The monoisotopic (exact) mass is 260 g/mol. The molecule has 1 heterocycles. The number of aromatic nitrogens is 1. The fourth-order valence-corrected chi connectivity index (χ4v) is 1.31. The summed E-state index contributed by atoms with van der Waals surface area (Å²) in [6, 6.07) is 0. The molecular weight excluding hydrogens is 246 g/mol. The predicted molar refractivity (Wildman–Crippen MR) is 72.5 cm³/mol. The van der Waals surface area contributed by atoms with E-state index in [0.717, 1.165) is 0 Å². The highest BCUT2D eigenvalue weighted by Crippen LogP contribution is 2.23. The minimum Gasteiger partial charge on any atom is -0.504 e. The van der Waals surface area contributed by atoms with Crippen LogP contribution in [0.1, 0.15) is 26.3 Å². The number of aliphatic hydroxyl groups is 1. The number of ether oxygens (including phenoxy) is 1. The highest BCUT2D eigenvalue weighted by Gasteiger charge is 2.20. The number of hydrogen-bond acceptors (Lipinski definition) is 5. The SMILES string of the molecule is [B]c1nc(NC(=O)OC(C)(C)C)c(O)c(CO)c1[B]. The topological polar surface area (TPSA) is 91.7 Å². The molecule has 0 aromatic carbocycles. The third-order valence-electron chi connectivity index (χ3n) is 2.12. The maximum Gasteiger partial charge on any atom is 0.413 e. The molecule has 0 unspecified atom stereocenters. The van der Waals surface area contributed by atoms with Crippen molar-refractivity contribution in [1.82, 2.24) is 4.98 Å². The van der Waals surface area contributed by atoms with Gasteiger partial charge in [0.05, 0.1) is 6.61 Å². The normalized spacial score (nSPS) is 11.2. The van der Waals surface area contributed by atoms with E-state index in [1.807, 2.05) is 0 Å². The number of pyridine rings is 1.